The molecule has 1 fully saturated rings. The first-order chi connectivity index (χ1) is 8.81. The molecule has 2 heterocycles. The van der Waals surface area contributed by atoms with Gasteiger partial charge in [-0.2, -0.15) is 0 Å². The van der Waals surface area contributed by atoms with Crippen molar-refractivity contribution in [3.8, 4) is 0 Å². The average molecular weight is 274 g/mol. The maximum atomic E-state index is 11.6. The molecule has 0 aromatic carbocycles. The summed E-state index contributed by atoms with van der Waals surface area (Å²) in [6, 6.07) is 0. The molecule has 0 spiro atoms. The summed E-state index contributed by atoms with van der Waals surface area (Å²) in [6.45, 7) is 0.733. The number of ether oxygens (including phenoxy) is 1. The molecular formula is C10H14N2O7. The Balaban J connectivity index is 2.55. The Morgan fingerprint density at radius 2 is 2.11 bits per heavy atom. The molecule has 4 atom stereocenters. The molecule has 1 aromatic heterocycles. The lowest BCUT2D eigenvalue weighted by molar-refractivity contribution is -0.291. The van der Waals surface area contributed by atoms with Crippen LogP contribution in [0.1, 0.15) is 5.56 Å². The van der Waals surface area contributed by atoms with Gasteiger partial charge in [0.2, 0.25) is 0 Å². The maximum Gasteiger partial charge on any atom is 0.332 e. The van der Waals surface area contributed by atoms with Gasteiger partial charge in [0.1, 0.15) is 12.2 Å². The van der Waals surface area contributed by atoms with Crippen LogP contribution in [0.25, 0.3) is 0 Å². The Labute approximate surface area is 106 Å². The molecule has 0 bridgehead atoms. The lowest BCUT2D eigenvalue weighted by Gasteiger charge is -2.27. The second-order valence-electron chi connectivity index (χ2n) is 4.37. The van der Waals surface area contributed by atoms with Crippen LogP contribution in [0.15, 0.2) is 15.8 Å². The monoisotopic (exact) mass is 274 g/mol. The van der Waals surface area contributed by atoms with Crippen molar-refractivity contribution in [1.29, 1.82) is 0 Å². The highest BCUT2D eigenvalue weighted by Crippen LogP contribution is 2.32. The first kappa shape index (κ1) is 13.9. The molecule has 0 saturated carbocycles. The second kappa shape index (κ2) is 4.54. The quantitative estimate of drug-likeness (QED) is 0.377. The fraction of sp³-hybridized carbons (Fsp3) is 0.600. The van der Waals surface area contributed by atoms with Crippen molar-refractivity contribution in [3.05, 3.63) is 32.6 Å². The van der Waals surface area contributed by atoms with Crippen LogP contribution in [0, 0.1) is 6.92 Å². The smallest absolute Gasteiger partial charge is 0.332 e. The average Bonchev–Trinajstić information content (AvgIpc) is 2.59. The molecule has 9 nitrogen and oxygen atoms in total. The molecular weight excluding hydrogens is 260 g/mol. The summed E-state index contributed by atoms with van der Waals surface area (Å²) >= 11 is 0. The van der Waals surface area contributed by atoms with Crippen LogP contribution in [0.2, 0.25) is 0 Å². The van der Waals surface area contributed by atoms with Crippen LogP contribution >= 0.6 is 0 Å². The van der Waals surface area contributed by atoms with Crippen LogP contribution < -0.4 is 11.2 Å². The molecule has 0 amide bonds. The van der Waals surface area contributed by atoms with E-state index >= 15 is 0 Å². The van der Waals surface area contributed by atoms with E-state index in [1.807, 2.05) is 4.98 Å². The van der Waals surface area contributed by atoms with Gasteiger partial charge in [-0.15, -0.1) is 0 Å². The van der Waals surface area contributed by atoms with Gasteiger partial charge in [-0.1, -0.05) is 0 Å². The molecule has 1 aliphatic heterocycles. The first-order valence-corrected chi connectivity index (χ1v) is 5.51. The Bertz CT molecular complexity index is 594. The third-order valence-electron chi connectivity index (χ3n) is 3.06. The zero-order valence-electron chi connectivity index (χ0n) is 9.98. The minimum atomic E-state index is -2.56. The van der Waals surface area contributed by atoms with Crippen LogP contribution in [-0.2, 0) is 10.6 Å². The van der Waals surface area contributed by atoms with Crippen molar-refractivity contribution in [2.75, 3.05) is 6.61 Å². The summed E-state index contributed by atoms with van der Waals surface area (Å²) in [5.41, 5.74) is -1.55. The summed E-state index contributed by atoms with van der Waals surface area (Å²) in [5, 5.41) is 38.5. The third-order valence-corrected chi connectivity index (χ3v) is 3.06. The molecule has 2 rings (SSSR count). The third kappa shape index (κ3) is 2.01. The van der Waals surface area contributed by atoms with Crippen molar-refractivity contribution in [2.45, 2.75) is 31.1 Å². The minimum absolute atomic E-state index is 0.103. The zero-order chi connectivity index (χ0) is 14.4. The van der Waals surface area contributed by atoms with E-state index in [1.165, 1.54) is 6.92 Å². The van der Waals surface area contributed by atoms with Crippen molar-refractivity contribution in [2.24, 2.45) is 0 Å². The number of aromatic nitrogens is 2. The van der Waals surface area contributed by atoms with Gasteiger partial charge in [0.05, 0.1) is 6.61 Å². The molecule has 1 aliphatic rings. The first-order valence-electron chi connectivity index (χ1n) is 5.51. The van der Waals surface area contributed by atoms with Crippen LogP contribution in [0.3, 0.4) is 0 Å². The molecule has 9 heteroatoms. The number of rotatable bonds is 2. The van der Waals surface area contributed by atoms with Crippen molar-refractivity contribution >= 4 is 0 Å². The lowest BCUT2D eigenvalue weighted by atomic mass is 10.1. The molecule has 1 aromatic rings. The van der Waals surface area contributed by atoms with Crippen molar-refractivity contribution in [1.82, 2.24) is 9.55 Å². The number of nitrogens with one attached hydrogen (secondary N) is 1. The number of hydrogen-bond donors (Lipinski definition) is 5. The summed E-state index contributed by atoms with van der Waals surface area (Å²) in [4.78, 5) is 24.8. The highest BCUT2D eigenvalue weighted by molar-refractivity contribution is 5.04. The number of hydrogen-bond acceptors (Lipinski definition) is 7. The van der Waals surface area contributed by atoms with E-state index in [-0.39, 0.29) is 5.56 Å². The van der Waals surface area contributed by atoms with Gasteiger partial charge in [0.25, 0.3) is 11.5 Å². The maximum absolute atomic E-state index is 11.6. The number of aliphatic hydroxyl groups excluding tert-OH is 3. The Morgan fingerprint density at radius 1 is 1.47 bits per heavy atom. The van der Waals surface area contributed by atoms with Gasteiger partial charge in [-0.3, -0.25) is 9.78 Å². The molecule has 106 valence electrons. The van der Waals surface area contributed by atoms with Gasteiger partial charge in [-0.05, 0) is 6.92 Å². The van der Waals surface area contributed by atoms with E-state index in [0.717, 1.165) is 6.20 Å². The molecule has 19 heavy (non-hydrogen) atoms. The predicted octanol–water partition coefficient (Wildman–Crippen LogP) is -3.44. The molecule has 5 N–H and O–H groups in total. The van der Waals surface area contributed by atoms with E-state index in [9.17, 15) is 24.9 Å². The number of H-pyrrole nitrogens is 1. The summed E-state index contributed by atoms with van der Waals surface area (Å²) in [7, 11) is 0. The fourth-order valence-corrected chi connectivity index (χ4v) is 1.94. The van der Waals surface area contributed by atoms with E-state index in [2.05, 4.69) is 0 Å². The molecule has 0 unspecified atom stereocenters. The minimum Gasteiger partial charge on any atom is -0.394 e. The van der Waals surface area contributed by atoms with Gasteiger partial charge in [0, 0.05) is 11.8 Å². The van der Waals surface area contributed by atoms with Gasteiger partial charge >= 0.3 is 5.69 Å². The van der Waals surface area contributed by atoms with Gasteiger partial charge < -0.3 is 25.2 Å². The summed E-state index contributed by atoms with van der Waals surface area (Å²) in [6.07, 6.45) is -3.68. The van der Waals surface area contributed by atoms with Gasteiger partial charge in [0.15, 0.2) is 6.10 Å². The molecule has 0 radical (unpaired) electrons. The predicted molar refractivity (Wildman–Crippen MR) is 60.2 cm³/mol. The number of aryl methyl sites for hydroxylation is 1. The highest BCUT2D eigenvalue weighted by Gasteiger charge is 2.55. The largest absolute Gasteiger partial charge is 0.394 e. The molecule has 0 aliphatic carbocycles. The van der Waals surface area contributed by atoms with Crippen LogP contribution in [0.4, 0.5) is 0 Å². The van der Waals surface area contributed by atoms with E-state index < -0.39 is 42.1 Å². The van der Waals surface area contributed by atoms with Crippen molar-refractivity contribution in [3.63, 3.8) is 0 Å². The highest BCUT2D eigenvalue weighted by atomic mass is 16.7. The summed E-state index contributed by atoms with van der Waals surface area (Å²) in [5.74, 6) is -2.56. The topological polar surface area (TPSA) is 145 Å². The normalized spacial score (nSPS) is 34.7. The van der Waals surface area contributed by atoms with E-state index in [1.54, 1.807) is 0 Å². The Hall–Kier alpha value is -1.52. The van der Waals surface area contributed by atoms with E-state index in [4.69, 9.17) is 9.84 Å². The van der Waals surface area contributed by atoms with Crippen molar-refractivity contribution < 1.29 is 25.2 Å². The molecule has 1 saturated heterocycles. The van der Waals surface area contributed by atoms with Crippen LogP contribution in [0.5, 0.6) is 0 Å². The fourth-order valence-electron chi connectivity index (χ4n) is 1.94. The standard InChI is InChI=1S/C10H14N2O7/c1-4-2-12(9(17)11-8(4)16)10(18)7(15)6(14)5(3-13)19-10/h2,5-7,13-15,18H,3H2,1H3,(H,11,16,17)/t5-,6-,7+,10-/m1/s1. The Kier molecular flexibility index (Phi) is 3.32. The summed E-state index contributed by atoms with van der Waals surface area (Å²) < 4.78 is 5.49. The zero-order valence-corrected chi connectivity index (χ0v) is 9.98. The lowest BCUT2D eigenvalue weighted by Crippen LogP contribution is -2.51. The number of nitrogens with zero attached hydrogens (tertiary/aromatic N) is 1. The van der Waals surface area contributed by atoms with Gasteiger partial charge in [-0.25, -0.2) is 9.36 Å². The Morgan fingerprint density at radius 3 is 2.63 bits per heavy atom. The number of aliphatic hydroxyl groups is 4. The van der Waals surface area contributed by atoms with E-state index in [0.29, 0.717) is 4.57 Å². The SMILES string of the molecule is Cc1cn([C@]2(O)O[C@H](CO)[C@@H](O)[C@@H]2O)c(=O)[nH]c1=O. The van der Waals surface area contributed by atoms with Crippen LogP contribution in [-0.4, -0.2) is 54.9 Å². The second-order valence-corrected chi connectivity index (χ2v) is 4.37. The number of aromatic amines is 1.